The van der Waals surface area contributed by atoms with E-state index in [1.165, 1.54) is 0 Å². The van der Waals surface area contributed by atoms with Crippen LogP contribution in [-0.2, 0) is 21.1 Å². The first-order valence-electron chi connectivity index (χ1n) is 2.94. The Morgan fingerprint density at radius 3 is 0.909 bits per heavy atom. The summed E-state index contributed by atoms with van der Waals surface area (Å²) in [6, 6.07) is 8.07. The van der Waals surface area contributed by atoms with Gasteiger partial charge in [0.05, 0.1) is 0 Å². The van der Waals surface area contributed by atoms with Gasteiger partial charge in [0.2, 0.25) is 0 Å². The molecule has 0 aliphatic heterocycles. The second-order valence-corrected chi connectivity index (χ2v) is 3.22. The quantitative estimate of drug-likeness (QED) is 0.639. The summed E-state index contributed by atoms with van der Waals surface area (Å²) < 4.78 is 0. The maximum absolute atomic E-state index is 2.04. The Morgan fingerprint density at radius 1 is 0.545 bits per heavy atom. The molecule has 0 aliphatic rings. The summed E-state index contributed by atoms with van der Waals surface area (Å²) in [6.45, 7) is 0. The van der Waals surface area contributed by atoms with Gasteiger partial charge in [0.15, 0.2) is 0 Å². The van der Waals surface area contributed by atoms with Crippen LogP contribution < -0.4 is 0 Å². The first-order chi connectivity index (χ1) is 5.00. The van der Waals surface area contributed by atoms with Crippen LogP contribution in [0.2, 0.25) is 0 Å². The van der Waals surface area contributed by atoms with E-state index in [0.29, 0.717) is 0 Å². The van der Waals surface area contributed by atoms with Crippen molar-refractivity contribution < 1.29 is 21.1 Å². The van der Waals surface area contributed by atoms with Gasteiger partial charge in [-0.15, -0.1) is 0 Å². The van der Waals surface area contributed by atoms with Gasteiger partial charge in [-0.05, 0) is 21.5 Å². The van der Waals surface area contributed by atoms with Crippen LogP contribution in [0.3, 0.4) is 0 Å². The molecule has 0 atom stereocenters. The van der Waals surface area contributed by atoms with E-state index in [0.717, 1.165) is 0 Å². The summed E-state index contributed by atoms with van der Waals surface area (Å²) >= 11 is 3.43. The van der Waals surface area contributed by atoms with Crippen molar-refractivity contribution in [3.8, 4) is 0 Å². The van der Waals surface area contributed by atoms with Gasteiger partial charge in [0.1, 0.15) is 0 Å². The van der Waals surface area contributed by atoms with E-state index < -0.39 is 0 Å². The van der Waals surface area contributed by atoms with E-state index in [4.69, 9.17) is 0 Å². The normalized spacial score (nSPS) is 7.27. The molecule has 0 saturated heterocycles. The zero-order valence-electron chi connectivity index (χ0n) is 5.84. The molecule has 0 aromatic carbocycles. The van der Waals surface area contributed by atoms with Crippen LogP contribution in [0.25, 0.3) is 0 Å². The van der Waals surface area contributed by atoms with Crippen molar-refractivity contribution in [1.29, 1.82) is 0 Å². The van der Waals surface area contributed by atoms with Crippen LogP contribution in [0, 0.1) is 0 Å². The van der Waals surface area contributed by atoms with Gasteiger partial charge >= 0.3 is 0 Å². The summed E-state index contributed by atoms with van der Waals surface area (Å²) in [4.78, 5) is 0. The second kappa shape index (κ2) is 8.19. The fraction of sp³-hybridized carbons (Fsp3) is 0. The maximum atomic E-state index is 2.04. The average molecular weight is 264 g/mol. The van der Waals surface area contributed by atoms with Crippen LogP contribution in [0.4, 0.5) is 0 Å². The minimum absolute atomic E-state index is 0. The van der Waals surface area contributed by atoms with E-state index in [9.17, 15) is 0 Å². The molecular weight excluding hydrogens is 256 g/mol. The average Bonchev–Trinajstić information content (AvgIpc) is 2.67. The van der Waals surface area contributed by atoms with E-state index in [1.807, 2.05) is 45.8 Å². The van der Waals surface area contributed by atoms with Crippen LogP contribution in [0.5, 0.6) is 0 Å². The summed E-state index contributed by atoms with van der Waals surface area (Å²) in [7, 11) is 0. The molecule has 0 N–H and O–H groups in total. The Kier molecular flexibility index (Phi) is 8.25. The molecule has 0 bridgehead atoms. The van der Waals surface area contributed by atoms with Crippen molar-refractivity contribution in [1.82, 2.24) is 0 Å². The van der Waals surface area contributed by atoms with E-state index in [1.54, 1.807) is 22.7 Å². The van der Waals surface area contributed by atoms with Crippen molar-refractivity contribution in [3.05, 3.63) is 45.8 Å². The Hall–Kier alpha value is 0.0883. The Balaban J connectivity index is 0.000000167. The Morgan fingerprint density at radius 2 is 0.818 bits per heavy atom. The van der Waals surface area contributed by atoms with E-state index >= 15 is 0 Å². The van der Waals surface area contributed by atoms with E-state index in [2.05, 4.69) is 0 Å². The molecule has 0 nitrogen and oxygen atoms in total. The van der Waals surface area contributed by atoms with Crippen molar-refractivity contribution in [2.45, 2.75) is 0 Å². The van der Waals surface area contributed by atoms with Crippen LogP contribution in [0.1, 0.15) is 0 Å². The molecule has 0 aliphatic carbocycles. The molecule has 3 heteroatoms. The van der Waals surface area contributed by atoms with Crippen molar-refractivity contribution in [3.63, 3.8) is 0 Å². The van der Waals surface area contributed by atoms with Gasteiger partial charge in [0, 0.05) is 21.1 Å². The Bertz CT molecular complexity index is 151. The largest absolute Gasteiger partial charge is 0.152 e. The van der Waals surface area contributed by atoms with Crippen LogP contribution >= 0.6 is 22.7 Å². The second-order valence-electron chi connectivity index (χ2n) is 1.59. The summed E-state index contributed by atoms with van der Waals surface area (Å²) in [5.74, 6) is 0. The summed E-state index contributed by atoms with van der Waals surface area (Å²) in [5, 5.41) is 8.17. The number of hydrogen-bond donors (Lipinski definition) is 0. The Labute approximate surface area is 89.2 Å². The molecule has 0 spiro atoms. The first-order valence-corrected chi connectivity index (χ1v) is 4.83. The fourth-order valence-corrected chi connectivity index (χ4v) is 1.36. The van der Waals surface area contributed by atoms with Gasteiger partial charge < -0.3 is 0 Å². The third kappa shape index (κ3) is 6.48. The molecule has 2 heterocycles. The van der Waals surface area contributed by atoms with Gasteiger partial charge in [0.25, 0.3) is 0 Å². The standard InChI is InChI=1S/2C4H4S.Mo/c2*1-2-4-5-3-1;/h2*1-4H;. The molecule has 0 saturated carbocycles. The van der Waals surface area contributed by atoms with Crippen LogP contribution in [-0.4, -0.2) is 0 Å². The molecule has 0 unspecified atom stereocenters. The predicted octanol–water partition coefficient (Wildman–Crippen LogP) is 3.49. The number of hydrogen-bond acceptors (Lipinski definition) is 2. The smallest absolute Gasteiger partial charge is 0 e. The maximum Gasteiger partial charge on any atom is 0 e. The topological polar surface area (TPSA) is 0 Å². The zero-order valence-corrected chi connectivity index (χ0v) is 9.48. The number of thiophene rings is 2. The van der Waals surface area contributed by atoms with Crippen LogP contribution in [0.15, 0.2) is 45.8 Å². The third-order valence-corrected chi connectivity index (χ3v) is 2.11. The van der Waals surface area contributed by atoms with Gasteiger partial charge in [-0.2, -0.15) is 22.7 Å². The summed E-state index contributed by atoms with van der Waals surface area (Å²) in [6.07, 6.45) is 0. The molecule has 2 aromatic rings. The third-order valence-electron chi connectivity index (χ3n) is 0.851. The monoisotopic (exact) mass is 266 g/mol. The van der Waals surface area contributed by atoms with Gasteiger partial charge in [-0.1, -0.05) is 24.3 Å². The van der Waals surface area contributed by atoms with Crippen molar-refractivity contribution in [2.24, 2.45) is 0 Å². The summed E-state index contributed by atoms with van der Waals surface area (Å²) in [5.41, 5.74) is 0. The molecule has 11 heavy (non-hydrogen) atoms. The first kappa shape index (κ1) is 11.1. The molecule has 0 amide bonds. The minimum Gasteiger partial charge on any atom is -0.152 e. The molecule has 2 rings (SSSR count). The zero-order chi connectivity index (χ0) is 7.07. The van der Waals surface area contributed by atoms with Crippen molar-refractivity contribution >= 4 is 22.7 Å². The number of rotatable bonds is 0. The van der Waals surface area contributed by atoms with Gasteiger partial charge in [-0.3, -0.25) is 0 Å². The molecule has 58 valence electrons. The van der Waals surface area contributed by atoms with Crippen molar-refractivity contribution in [2.75, 3.05) is 0 Å². The molecular formula is C8H8MoS2. The molecule has 2 aromatic heterocycles. The fourth-order valence-electron chi connectivity index (χ4n) is 0.454. The van der Waals surface area contributed by atoms with Gasteiger partial charge in [-0.25, -0.2) is 0 Å². The van der Waals surface area contributed by atoms with E-state index in [-0.39, 0.29) is 21.1 Å². The minimum atomic E-state index is 0. The molecule has 0 radical (unpaired) electrons. The SMILES string of the molecule is [Mo].c1ccsc1.c1ccsc1. The molecule has 0 fully saturated rings. The predicted molar refractivity (Wildman–Crippen MR) is 48.6 cm³/mol.